The summed E-state index contributed by atoms with van der Waals surface area (Å²) in [5.41, 5.74) is -1.11. The van der Waals surface area contributed by atoms with Crippen LogP contribution >= 0.6 is 23.2 Å². The molecule has 1 atom stereocenters. The van der Waals surface area contributed by atoms with Crippen LogP contribution in [0, 0.1) is 6.92 Å². The summed E-state index contributed by atoms with van der Waals surface area (Å²) in [6.45, 7) is 3.17. The van der Waals surface area contributed by atoms with E-state index in [-0.39, 0.29) is 27.4 Å². The lowest BCUT2D eigenvalue weighted by Gasteiger charge is -2.29. The molecule has 0 radical (unpaired) electrons. The number of aryl methyl sites for hydroxylation is 1. The number of likely N-dealkylation sites (tertiary alicyclic amines) is 1. The average Bonchev–Trinajstić information content (AvgIpc) is 3.39. The molecular formula is C22H20Cl2F3N3O2. The van der Waals surface area contributed by atoms with Crippen molar-refractivity contribution in [2.24, 2.45) is 5.16 Å². The van der Waals surface area contributed by atoms with Gasteiger partial charge in [-0.3, -0.25) is 0 Å². The Morgan fingerprint density at radius 1 is 1.12 bits per heavy atom. The highest BCUT2D eigenvalue weighted by atomic mass is 35.5. The fourth-order valence-electron chi connectivity index (χ4n) is 3.90. The Balaban J connectivity index is 1.63. The number of halogens is 5. The van der Waals surface area contributed by atoms with E-state index in [9.17, 15) is 18.0 Å². The van der Waals surface area contributed by atoms with E-state index in [0.29, 0.717) is 24.3 Å². The molecule has 0 aromatic heterocycles. The predicted octanol–water partition coefficient (Wildman–Crippen LogP) is 6.51. The molecule has 32 heavy (non-hydrogen) atoms. The summed E-state index contributed by atoms with van der Waals surface area (Å²) >= 11 is 11.9. The lowest BCUT2D eigenvalue weighted by atomic mass is 9.86. The largest absolute Gasteiger partial charge is 0.435 e. The van der Waals surface area contributed by atoms with Gasteiger partial charge in [-0.25, -0.2) is 4.79 Å². The fourth-order valence-corrected chi connectivity index (χ4v) is 4.42. The first kappa shape index (κ1) is 22.7. The van der Waals surface area contributed by atoms with Gasteiger partial charge in [-0.15, -0.1) is 0 Å². The van der Waals surface area contributed by atoms with Crippen molar-refractivity contribution in [3.8, 4) is 0 Å². The standard InChI is InChI=1S/C22H20Cl2F3N3O2/c1-13-4-5-14(8-18(13)28-20(31)30-6-2-3-7-30)19-12-21(32-29-19,22(25,26)27)15-9-16(23)11-17(24)10-15/h4-5,8-11H,2-3,6-7,12H2,1H3,(H,28,31). The summed E-state index contributed by atoms with van der Waals surface area (Å²) in [6.07, 6.45) is -3.43. The number of hydrogen-bond acceptors (Lipinski definition) is 3. The van der Waals surface area contributed by atoms with Crippen molar-refractivity contribution in [3.63, 3.8) is 0 Å². The highest BCUT2D eigenvalue weighted by molar-refractivity contribution is 6.34. The van der Waals surface area contributed by atoms with E-state index in [2.05, 4.69) is 10.5 Å². The molecule has 170 valence electrons. The van der Waals surface area contributed by atoms with Gasteiger partial charge in [0.15, 0.2) is 0 Å². The third-order valence-electron chi connectivity index (χ3n) is 5.72. The summed E-state index contributed by atoms with van der Waals surface area (Å²) in [4.78, 5) is 19.2. The molecule has 2 aliphatic rings. The summed E-state index contributed by atoms with van der Waals surface area (Å²) in [5, 5.41) is 6.75. The van der Waals surface area contributed by atoms with Crippen LogP contribution in [0.4, 0.5) is 23.7 Å². The lowest BCUT2D eigenvalue weighted by molar-refractivity contribution is -0.275. The van der Waals surface area contributed by atoms with Gasteiger partial charge in [-0.2, -0.15) is 13.2 Å². The number of rotatable bonds is 3. The Morgan fingerprint density at radius 2 is 1.78 bits per heavy atom. The molecule has 1 fully saturated rings. The van der Waals surface area contributed by atoms with Crippen LogP contribution in [0.3, 0.4) is 0 Å². The van der Waals surface area contributed by atoms with Crippen LogP contribution in [0.15, 0.2) is 41.6 Å². The average molecular weight is 486 g/mol. The van der Waals surface area contributed by atoms with Crippen molar-refractivity contribution < 1.29 is 22.8 Å². The maximum atomic E-state index is 14.2. The van der Waals surface area contributed by atoms with Crippen molar-refractivity contribution in [2.75, 3.05) is 18.4 Å². The van der Waals surface area contributed by atoms with Crippen LogP contribution in [-0.4, -0.2) is 35.9 Å². The monoisotopic (exact) mass is 485 g/mol. The van der Waals surface area contributed by atoms with Crippen LogP contribution in [0.5, 0.6) is 0 Å². The quantitative estimate of drug-likeness (QED) is 0.538. The van der Waals surface area contributed by atoms with Crippen molar-refractivity contribution in [1.82, 2.24) is 4.90 Å². The Bertz CT molecular complexity index is 1060. The number of hydrogen-bond donors (Lipinski definition) is 1. The van der Waals surface area contributed by atoms with E-state index >= 15 is 0 Å². The van der Waals surface area contributed by atoms with Crippen LogP contribution in [0.25, 0.3) is 0 Å². The number of urea groups is 1. The maximum absolute atomic E-state index is 14.2. The van der Waals surface area contributed by atoms with Crippen LogP contribution in [0.1, 0.15) is 36.0 Å². The van der Waals surface area contributed by atoms with E-state index < -0.39 is 18.2 Å². The number of nitrogens with one attached hydrogen (secondary N) is 1. The number of oxime groups is 1. The van der Waals surface area contributed by atoms with E-state index in [1.165, 1.54) is 18.2 Å². The molecule has 2 heterocycles. The van der Waals surface area contributed by atoms with Crippen molar-refractivity contribution in [3.05, 3.63) is 63.1 Å². The smallest absolute Gasteiger partial charge is 0.374 e. The minimum atomic E-state index is -4.77. The fraction of sp³-hybridized carbons (Fsp3) is 0.364. The molecule has 0 spiro atoms. The third-order valence-corrected chi connectivity index (χ3v) is 6.16. The molecule has 2 amide bonds. The number of alkyl halides is 3. The first-order chi connectivity index (χ1) is 15.1. The first-order valence-corrected chi connectivity index (χ1v) is 10.8. The lowest BCUT2D eigenvalue weighted by Crippen LogP contribution is -2.42. The Hall–Kier alpha value is -2.45. The topological polar surface area (TPSA) is 53.9 Å². The summed E-state index contributed by atoms with van der Waals surface area (Å²) < 4.78 is 42.6. The van der Waals surface area contributed by atoms with Gasteiger partial charge in [0.2, 0.25) is 0 Å². The minimum Gasteiger partial charge on any atom is -0.374 e. The molecule has 4 rings (SSSR count). The SMILES string of the molecule is Cc1ccc(C2=NOC(c3cc(Cl)cc(Cl)c3)(C(F)(F)F)C2)cc1NC(=O)N1CCCC1. The molecule has 5 nitrogen and oxygen atoms in total. The minimum absolute atomic E-state index is 0.0652. The molecular weight excluding hydrogens is 466 g/mol. The van der Waals surface area contributed by atoms with E-state index in [1.54, 1.807) is 23.1 Å². The van der Waals surface area contributed by atoms with Gasteiger partial charge in [-0.05, 0) is 49.6 Å². The zero-order chi connectivity index (χ0) is 23.1. The van der Waals surface area contributed by atoms with Crippen molar-refractivity contribution >= 4 is 40.6 Å². The molecule has 2 aliphatic heterocycles. The number of carbonyl (C=O) groups is 1. The van der Waals surface area contributed by atoms with E-state index in [1.807, 2.05) is 6.92 Å². The van der Waals surface area contributed by atoms with Crippen LogP contribution < -0.4 is 5.32 Å². The molecule has 0 bridgehead atoms. The first-order valence-electron chi connectivity index (χ1n) is 10.0. The molecule has 2 aromatic carbocycles. The van der Waals surface area contributed by atoms with Gasteiger partial charge in [0, 0.05) is 46.4 Å². The van der Waals surface area contributed by atoms with Crippen LogP contribution in [-0.2, 0) is 10.4 Å². The number of benzene rings is 2. The summed E-state index contributed by atoms with van der Waals surface area (Å²) in [7, 11) is 0. The summed E-state index contributed by atoms with van der Waals surface area (Å²) in [6, 6.07) is 8.46. The Morgan fingerprint density at radius 3 is 2.41 bits per heavy atom. The molecule has 1 N–H and O–H groups in total. The predicted molar refractivity (Wildman–Crippen MR) is 117 cm³/mol. The van der Waals surface area contributed by atoms with Gasteiger partial charge >= 0.3 is 12.2 Å². The molecule has 1 saturated heterocycles. The van der Waals surface area contributed by atoms with Gasteiger partial charge in [-0.1, -0.05) is 40.5 Å². The van der Waals surface area contributed by atoms with Crippen LogP contribution in [0.2, 0.25) is 10.0 Å². The Labute approximate surface area is 193 Å². The van der Waals surface area contributed by atoms with Gasteiger partial charge < -0.3 is 15.1 Å². The molecule has 0 saturated carbocycles. The van der Waals surface area contributed by atoms with Gasteiger partial charge in [0.1, 0.15) is 0 Å². The molecule has 2 aromatic rings. The zero-order valence-electron chi connectivity index (χ0n) is 17.1. The van der Waals surface area contributed by atoms with Crippen molar-refractivity contribution in [1.29, 1.82) is 0 Å². The third kappa shape index (κ3) is 4.26. The Kier molecular flexibility index (Phi) is 6.02. The van der Waals surface area contributed by atoms with E-state index in [0.717, 1.165) is 18.4 Å². The number of nitrogens with zero attached hydrogens (tertiary/aromatic N) is 2. The van der Waals surface area contributed by atoms with Crippen molar-refractivity contribution in [2.45, 2.75) is 38.0 Å². The number of amides is 2. The normalized spacial score (nSPS) is 20.8. The molecule has 10 heteroatoms. The number of anilines is 1. The molecule has 1 unspecified atom stereocenters. The highest BCUT2D eigenvalue weighted by Crippen LogP contribution is 2.49. The second-order valence-electron chi connectivity index (χ2n) is 7.94. The second kappa shape index (κ2) is 8.48. The highest BCUT2D eigenvalue weighted by Gasteiger charge is 2.62. The maximum Gasteiger partial charge on any atom is 0.435 e. The van der Waals surface area contributed by atoms with E-state index in [4.69, 9.17) is 28.0 Å². The van der Waals surface area contributed by atoms with Gasteiger partial charge in [0.05, 0.1) is 5.71 Å². The molecule has 0 aliphatic carbocycles. The summed E-state index contributed by atoms with van der Waals surface area (Å²) in [5.74, 6) is 0. The van der Waals surface area contributed by atoms with Gasteiger partial charge in [0.25, 0.3) is 5.60 Å². The number of carbonyl (C=O) groups excluding carboxylic acids is 1. The second-order valence-corrected chi connectivity index (χ2v) is 8.82. The zero-order valence-corrected chi connectivity index (χ0v) is 18.6.